The van der Waals surface area contributed by atoms with Crippen LogP contribution in [0.15, 0.2) is 36.4 Å². The van der Waals surface area contributed by atoms with Crippen molar-refractivity contribution in [1.29, 1.82) is 0 Å². The normalized spacial score (nSPS) is 20.6. The lowest BCUT2D eigenvalue weighted by Gasteiger charge is -2.43. The topological polar surface area (TPSA) is 64.6 Å². The van der Waals surface area contributed by atoms with Crippen molar-refractivity contribution in [2.75, 3.05) is 19.0 Å². The fraction of sp³-hybridized carbons (Fsp3) is 0.417. The zero-order chi connectivity index (χ0) is 25.3. The van der Waals surface area contributed by atoms with Gasteiger partial charge in [0.2, 0.25) is 0 Å². The summed E-state index contributed by atoms with van der Waals surface area (Å²) in [5.74, 6) is -3.20. The largest absolute Gasteiger partial charge is 0.469 e. The average Bonchev–Trinajstić information content (AvgIpc) is 2.77. The SMILES string of the molecule is CCOC(=O)[C@@]1(CC)C[C@H]([C@H](C(=O)OC)c2cc(Cl)cc(Cl)c2)c2cc(C(F)(F)F)ccc2N1. The Bertz CT molecular complexity index is 1070. The maximum Gasteiger partial charge on any atom is 0.416 e. The Balaban J connectivity index is 2.27. The molecule has 34 heavy (non-hydrogen) atoms. The maximum atomic E-state index is 13.6. The van der Waals surface area contributed by atoms with E-state index in [2.05, 4.69) is 5.32 Å². The predicted molar refractivity (Wildman–Crippen MR) is 123 cm³/mol. The number of nitrogens with one attached hydrogen (secondary N) is 1. The molecule has 3 atom stereocenters. The highest BCUT2D eigenvalue weighted by Gasteiger charge is 2.49. The van der Waals surface area contributed by atoms with Gasteiger partial charge in [0.05, 0.1) is 25.2 Å². The highest BCUT2D eigenvalue weighted by Crippen LogP contribution is 2.50. The van der Waals surface area contributed by atoms with Gasteiger partial charge in [0.15, 0.2) is 0 Å². The standard InChI is InChI=1S/C24H24Cl2F3NO4/c1-4-23(22(32)34-5-2)12-18(17-10-14(24(27,28)29)6-7-19(17)30-23)20(21(31)33-3)13-8-15(25)11-16(26)9-13/h6-11,18,20,30H,4-5,12H2,1-3H3/t18-,20+,23+/m0/s1. The summed E-state index contributed by atoms with van der Waals surface area (Å²) in [4.78, 5) is 26.1. The molecular weight excluding hydrogens is 494 g/mol. The number of halogens is 5. The molecule has 184 valence electrons. The van der Waals surface area contributed by atoms with Crippen molar-refractivity contribution in [2.24, 2.45) is 0 Å². The summed E-state index contributed by atoms with van der Waals surface area (Å²) < 4.78 is 51.0. The van der Waals surface area contributed by atoms with Gasteiger partial charge in [0, 0.05) is 21.7 Å². The van der Waals surface area contributed by atoms with Gasteiger partial charge in [-0.05, 0) is 67.3 Å². The number of hydrogen-bond donors (Lipinski definition) is 1. The molecule has 3 rings (SSSR count). The molecule has 1 heterocycles. The fourth-order valence-electron chi connectivity index (χ4n) is 4.45. The van der Waals surface area contributed by atoms with Crippen LogP contribution in [0.4, 0.5) is 18.9 Å². The maximum absolute atomic E-state index is 13.6. The van der Waals surface area contributed by atoms with E-state index >= 15 is 0 Å². The van der Waals surface area contributed by atoms with E-state index in [4.69, 9.17) is 32.7 Å². The number of anilines is 1. The van der Waals surface area contributed by atoms with Crippen molar-refractivity contribution in [3.63, 3.8) is 0 Å². The first-order valence-corrected chi connectivity index (χ1v) is 11.4. The lowest BCUT2D eigenvalue weighted by atomic mass is 9.69. The van der Waals surface area contributed by atoms with Crippen molar-refractivity contribution < 1.29 is 32.2 Å². The number of carbonyl (C=O) groups excluding carboxylic acids is 2. The van der Waals surface area contributed by atoms with Crippen molar-refractivity contribution in [3.8, 4) is 0 Å². The highest BCUT2D eigenvalue weighted by atomic mass is 35.5. The van der Waals surface area contributed by atoms with Crippen molar-refractivity contribution in [1.82, 2.24) is 0 Å². The number of fused-ring (bicyclic) bond motifs is 1. The van der Waals surface area contributed by atoms with Crippen molar-refractivity contribution in [3.05, 3.63) is 63.1 Å². The Morgan fingerprint density at radius 2 is 1.79 bits per heavy atom. The van der Waals surface area contributed by atoms with Crippen molar-refractivity contribution >= 4 is 40.8 Å². The first-order valence-electron chi connectivity index (χ1n) is 10.7. The van der Waals surface area contributed by atoms with E-state index in [0.717, 1.165) is 12.1 Å². The van der Waals surface area contributed by atoms with E-state index in [1.54, 1.807) is 13.8 Å². The van der Waals surface area contributed by atoms with Crippen LogP contribution in [0.25, 0.3) is 0 Å². The molecule has 2 aromatic carbocycles. The zero-order valence-electron chi connectivity index (χ0n) is 18.8. The molecule has 5 nitrogen and oxygen atoms in total. The monoisotopic (exact) mass is 517 g/mol. The van der Waals surface area contributed by atoms with Gasteiger partial charge in [-0.3, -0.25) is 4.79 Å². The molecule has 1 N–H and O–H groups in total. The van der Waals surface area contributed by atoms with Crippen LogP contribution in [-0.4, -0.2) is 31.2 Å². The third kappa shape index (κ3) is 5.13. The number of alkyl halides is 3. The second-order valence-electron chi connectivity index (χ2n) is 8.10. The van der Waals surface area contributed by atoms with Crippen LogP contribution < -0.4 is 5.32 Å². The van der Waals surface area contributed by atoms with Crippen LogP contribution in [0.1, 0.15) is 55.2 Å². The summed E-state index contributed by atoms with van der Waals surface area (Å²) in [5.41, 5.74) is -1.22. The molecular formula is C24H24Cl2F3NO4. The van der Waals surface area contributed by atoms with Crippen LogP contribution in [0.2, 0.25) is 10.0 Å². The number of rotatable bonds is 6. The summed E-state index contributed by atoms with van der Waals surface area (Å²) in [6.45, 7) is 3.55. The summed E-state index contributed by atoms with van der Waals surface area (Å²) in [7, 11) is 1.19. The van der Waals surface area contributed by atoms with E-state index in [1.165, 1.54) is 31.4 Å². The molecule has 0 amide bonds. The molecule has 0 radical (unpaired) electrons. The highest BCUT2D eigenvalue weighted by molar-refractivity contribution is 6.34. The number of ether oxygens (including phenoxy) is 2. The number of esters is 2. The summed E-state index contributed by atoms with van der Waals surface area (Å²) >= 11 is 12.3. The lowest BCUT2D eigenvalue weighted by molar-refractivity contribution is -0.150. The Morgan fingerprint density at radius 1 is 1.15 bits per heavy atom. The zero-order valence-corrected chi connectivity index (χ0v) is 20.3. The minimum Gasteiger partial charge on any atom is -0.469 e. The van der Waals surface area contributed by atoms with E-state index in [9.17, 15) is 22.8 Å². The molecule has 0 fully saturated rings. The van der Waals surface area contributed by atoms with E-state index in [0.29, 0.717) is 11.3 Å². The lowest BCUT2D eigenvalue weighted by Crippen LogP contribution is -2.51. The minimum absolute atomic E-state index is 0.0134. The van der Waals surface area contributed by atoms with Gasteiger partial charge < -0.3 is 14.8 Å². The molecule has 0 unspecified atom stereocenters. The van der Waals surface area contributed by atoms with Crippen LogP contribution in [0.5, 0.6) is 0 Å². The van der Waals surface area contributed by atoms with E-state index in [1.807, 2.05) is 0 Å². The van der Waals surface area contributed by atoms with Gasteiger partial charge in [-0.15, -0.1) is 0 Å². The van der Waals surface area contributed by atoms with Gasteiger partial charge in [-0.1, -0.05) is 30.1 Å². The number of benzene rings is 2. The number of hydrogen-bond acceptors (Lipinski definition) is 5. The van der Waals surface area contributed by atoms with Crippen LogP contribution in [0.3, 0.4) is 0 Å². The molecule has 0 spiro atoms. The quantitative estimate of drug-likeness (QED) is 0.438. The van der Waals surface area contributed by atoms with Gasteiger partial charge in [0.25, 0.3) is 0 Å². The van der Waals surface area contributed by atoms with Gasteiger partial charge in [-0.25, -0.2) is 4.79 Å². The Hall–Kier alpha value is -2.45. The molecule has 1 aliphatic heterocycles. The van der Waals surface area contributed by atoms with E-state index in [-0.39, 0.29) is 35.1 Å². The van der Waals surface area contributed by atoms with Crippen LogP contribution >= 0.6 is 23.2 Å². The first-order chi connectivity index (χ1) is 16.0. The Kier molecular flexibility index (Phi) is 7.72. The summed E-state index contributed by atoms with van der Waals surface area (Å²) in [6.07, 6.45) is -4.34. The molecule has 0 saturated carbocycles. The van der Waals surface area contributed by atoms with Gasteiger partial charge in [-0.2, -0.15) is 13.2 Å². The van der Waals surface area contributed by atoms with Crippen LogP contribution in [0, 0.1) is 0 Å². The molecule has 0 aromatic heterocycles. The second-order valence-corrected chi connectivity index (χ2v) is 8.97. The predicted octanol–water partition coefficient (Wildman–Crippen LogP) is 6.58. The molecule has 2 aromatic rings. The average molecular weight is 518 g/mol. The Morgan fingerprint density at radius 3 is 2.32 bits per heavy atom. The summed E-state index contributed by atoms with van der Waals surface area (Å²) in [5, 5.41) is 3.60. The second kappa shape index (κ2) is 10.0. The smallest absolute Gasteiger partial charge is 0.416 e. The third-order valence-electron chi connectivity index (χ3n) is 6.09. The summed E-state index contributed by atoms with van der Waals surface area (Å²) in [6, 6.07) is 7.72. The van der Waals surface area contributed by atoms with Gasteiger partial charge in [0.1, 0.15) is 5.54 Å². The molecule has 0 saturated heterocycles. The van der Waals surface area contributed by atoms with Gasteiger partial charge >= 0.3 is 18.1 Å². The van der Waals surface area contributed by atoms with Crippen LogP contribution in [-0.2, 0) is 25.2 Å². The fourth-order valence-corrected chi connectivity index (χ4v) is 4.99. The van der Waals surface area contributed by atoms with E-state index < -0.39 is 41.1 Å². The molecule has 1 aliphatic rings. The minimum atomic E-state index is -4.60. The molecule has 10 heteroatoms. The first kappa shape index (κ1) is 26.2. The number of methoxy groups -OCH3 is 1. The van der Waals surface area contributed by atoms with Crippen molar-refractivity contribution in [2.45, 2.75) is 50.2 Å². The molecule has 0 bridgehead atoms. The third-order valence-corrected chi connectivity index (χ3v) is 6.53. The molecule has 0 aliphatic carbocycles. The Labute approximate surface area is 205 Å². The number of carbonyl (C=O) groups is 2.